The Labute approximate surface area is 177 Å². The van der Waals surface area contributed by atoms with E-state index in [-0.39, 0.29) is 0 Å². The van der Waals surface area contributed by atoms with Crippen LogP contribution in [0.2, 0.25) is 0 Å². The van der Waals surface area contributed by atoms with Gasteiger partial charge in [-0.05, 0) is 98.9 Å². The highest BCUT2D eigenvalue weighted by Gasteiger charge is 2.10. The van der Waals surface area contributed by atoms with Crippen LogP contribution in [0.5, 0.6) is 5.75 Å². The molecule has 1 aromatic heterocycles. The van der Waals surface area contributed by atoms with Gasteiger partial charge in [0.25, 0.3) is 0 Å². The molecule has 5 rings (SSSR count). The molecule has 4 aromatic rings. The molecule has 0 amide bonds. The number of ether oxygens (including phenoxy) is 1. The molecule has 0 radical (unpaired) electrons. The lowest BCUT2D eigenvalue weighted by Gasteiger charge is -2.14. The molecule has 0 atom stereocenters. The van der Waals surface area contributed by atoms with Crippen LogP contribution in [-0.4, -0.2) is 36.1 Å². The standard InChI is InChI=1S/C26H28N2O2/c1(4-14-28-15-5-6-16-28)7-17-29-23-13-12-20-18-22(11-10-21(20)19-23)26-27-24-8-2-3-9-25(24)30-26/h2-3,8-13,18-19H,1,4-7,14-17H2. The van der Waals surface area contributed by atoms with Crippen LogP contribution in [0.4, 0.5) is 0 Å². The molecular formula is C26H28N2O2. The number of fused-ring (bicyclic) bond motifs is 2. The summed E-state index contributed by atoms with van der Waals surface area (Å²) in [5.41, 5.74) is 2.69. The highest BCUT2D eigenvalue weighted by molar-refractivity contribution is 5.88. The maximum atomic E-state index is 6.00. The van der Waals surface area contributed by atoms with E-state index in [2.05, 4.69) is 46.3 Å². The molecule has 2 heterocycles. The third-order valence-electron chi connectivity index (χ3n) is 5.94. The van der Waals surface area contributed by atoms with Gasteiger partial charge in [-0.2, -0.15) is 0 Å². The van der Waals surface area contributed by atoms with Crippen molar-refractivity contribution >= 4 is 21.9 Å². The summed E-state index contributed by atoms with van der Waals surface area (Å²) in [6, 6.07) is 20.5. The molecule has 1 fully saturated rings. The van der Waals surface area contributed by atoms with E-state index in [4.69, 9.17) is 9.15 Å². The molecular weight excluding hydrogens is 372 g/mol. The first kappa shape index (κ1) is 19.1. The summed E-state index contributed by atoms with van der Waals surface area (Å²) in [7, 11) is 0. The lowest BCUT2D eigenvalue weighted by Crippen LogP contribution is -2.20. The summed E-state index contributed by atoms with van der Waals surface area (Å²) < 4.78 is 11.9. The van der Waals surface area contributed by atoms with E-state index >= 15 is 0 Å². The number of unbranched alkanes of at least 4 members (excludes halogenated alkanes) is 2. The summed E-state index contributed by atoms with van der Waals surface area (Å²) in [4.78, 5) is 7.19. The fourth-order valence-electron chi connectivity index (χ4n) is 4.25. The van der Waals surface area contributed by atoms with Crippen molar-refractivity contribution in [2.24, 2.45) is 0 Å². The Hall–Kier alpha value is -2.85. The van der Waals surface area contributed by atoms with Crippen molar-refractivity contribution in [3.63, 3.8) is 0 Å². The number of para-hydroxylation sites is 2. The fraction of sp³-hybridized carbons (Fsp3) is 0.346. The van der Waals surface area contributed by atoms with Gasteiger partial charge in [-0.3, -0.25) is 0 Å². The maximum absolute atomic E-state index is 6.00. The van der Waals surface area contributed by atoms with Crippen LogP contribution in [0, 0.1) is 0 Å². The SMILES string of the molecule is c1ccc2oc(-c3ccc4cc(OCCCCCN5CCCC5)ccc4c3)nc2c1. The van der Waals surface area contributed by atoms with E-state index in [0.29, 0.717) is 5.89 Å². The Morgan fingerprint density at radius 3 is 2.60 bits per heavy atom. The summed E-state index contributed by atoms with van der Waals surface area (Å²) >= 11 is 0. The van der Waals surface area contributed by atoms with E-state index in [1.165, 1.54) is 50.7 Å². The molecule has 30 heavy (non-hydrogen) atoms. The Kier molecular flexibility index (Phi) is 5.67. The largest absolute Gasteiger partial charge is 0.494 e. The van der Waals surface area contributed by atoms with Crippen molar-refractivity contribution < 1.29 is 9.15 Å². The maximum Gasteiger partial charge on any atom is 0.227 e. The topological polar surface area (TPSA) is 38.5 Å². The van der Waals surface area contributed by atoms with Gasteiger partial charge in [-0.15, -0.1) is 0 Å². The van der Waals surface area contributed by atoms with Crippen molar-refractivity contribution in [3.05, 3.63) is 60.7 Å². The second kappa shape index (κ2) is 8.88. The monoisotopic (exact) mass is 400 g/mol. The van der Waals surface area contributed by atoms with Gasteiger partial charge in [-0.1, -0.05) is 24.3 Å². The molecule has 0 unspecified atom stereocenters. The van der Waals surface area contributed by atoms with Gasteiger partial charge in [0.1, 0.15) is 11.3 Å². The van der Waals surface area contributed by atoms with E-state index in [1.807, 2.05) is 24.3 Å². The van der Waals surface area contributed by atoms with E-state index in [0.717, 1.165) is 40.8 Å². The summed E-state index contributed by atoms with van der Waals surface area (Å²) in [5.74, 6) is 1.60. The molecule has 154 valence electrons. The van der Waals surface area contributed by atoms with Crippen LogP contribution in [0.25, 0.3) is 33.3 Å². The lowest BCUT2D eigenvalue weighted by molar-refractivity contribution is 0.290. The molecule has 0 bridgehead atoms. The number of nitrogens with zero attached hydrogens (tertiary/aromatic N) is 2. The van der Waals surface area contributed by atoms with Crippen LogP contribution in [0.15, 0.2) is 65.1 Å². The smallest absolute Gasteiger partial charge is 0.227 e. The van der Waals surface area contributed by atoms with Crippen LogP contribution in [-0.2, 0) is 0 Å². The van der Waals surface area contributed by atoms with Gasteiger partial charge in [0, 0.05) is 5.56 Å². The lowest BCUT2D eigenvalue weighted by atomic mass is 10.1. The summed E-state index contributed by atoms with van der Waals surface area (Å²) in [6.45, 7) is 4.62. The van der Waals surface area contributed by atoms with Gasteiger partial charge in [0.15, 0.2) is 5.58 Å². The highest BCUT2D eigenvalue weighted by atomic mass is 16.5. The van der Waals surface area contributed by atoms with Crippen LogP contribution in [0.3, 0.4) is 0 Å². The second-order valence-electron chi connectivity index (χ2n) is 8.17. The molecule has 4 heteroatoms. The Balaban J connectivity index is 1.18. The van der Waals surface area contributed by atoms with Gasteiger partial charge in [0.2, 0.25) is 5.89 Å². The third kappa shape index (κ3) is 4.34. The number of hydrogen-bond acceptors (Lipinski definition) is 4. The quantitative estimate of drug-likeness (QED) is 0.326. The minimum atomic E-state index is 0.660. The zero-order chi connectivity index (χ0) is 20.2. The number of likely N-dealkylation sites (tertiary alicyclic amines) is 1. The van der Waals surface area contributed by atoms with E-state index in [1.54, 1.807) is 0 Å². The average Bonchev–Trinajstić information content (AvgIpc) is 3.45. The molecule has 0 saturated carbocycles. The highest BCUT2D eigenvalue weighted by Crippen LogP contribution is 2.29. The minimum absolute atomic E-state index is 0.660. The Morgan fingerprint density at radius 2 is 1.70 bits per heavy atom. The zero-order valence-electron chi connectivity index (χ0n) is 17.3. The number of benzene rings is 3. The number of rotatable bonds is 8. The van der Waals surface area contributed by atoms with Crippen molar-refractivity contribution in [1.82, 2.24) is 9.88 Å². The van der Waals surface area contributed by atoms with Gasteiger partial charge in [0.05, 0.1) is 6.61 Å². The van der Waals surface area contributed by atoms with Crippen molar-refractivity contribution in [2.45, 2.75) is 32.1 Å². The van der Waals surface area contributed by atoms with E-state index in [9.17, 15) is 0 Å². The molecule has 3 aromatic carbocycles. The summed E-state index contributed by atoms with van der Waals surface area (Å²) in [6.07, 6.45) is 6.38. The molecule has 4 nitrogen and oxygen atoms in total. The summed E-state index contributed by atoms with van der Waals surface area (Å²) in [5, 5.41) is 2.33. The molecule has 1 saturated heterocycles. The first-order valence-electron chi connectivity index (χ1n) is 11.1. The van der Waals surface area contributed by atoms with Crippen LogP contribution < -0.4 is 4.74 Å². The molecule has 0 spiro atoms. The van der Waals surface area contributed by atoms with Gasteiger partial charge >= 0.3 is 0 Å². The first-order valence-corrected chi connectivity index (χ1v) is 11.1. The average molecular weight is 401 g/mol. The zero-order valence-corrected chi connectivity index (χ0v) is 17.3. The van der Waals surface area contributed by atoms with Gasteiger partial charge < -0.3 is 14.1 Å². The predicted octanol–water partition coefficient (Wildman–Crippen LogP) is 6.29. The van der Waals surface area contributed by atoms with Crippen LogP contribution in [0.1, 0.15) is 32.1 Å². The van der Waals surface area contributed by atoms with Crippen molar-refractivity contribution in [1.29, 1.82) is 0 Å². The second-order valence-corrected chi connectivity index (χ2v) is 8.17. The Morgan fingerprint density at radius 1 is 0.867 bits per heavy atom. The van der Waals surface area contributed by atoms with Crippen molar-refractivity contribution in [2.75, 3.05) is 26.2 Å². The molecule has 1 aliphatic heterocycles. The third-order valence-corrected chi connectivity index (χ3v) is 5.94. The Bertz CT molecular complexity index is 1100. The van der Waals surface area contributed by atoms with Crippen LogP contribution >= 0.6 is 0 Å². The minimum Gasteiger partial charge on any atom is -0.494 e. The van der Waals surface area contributed by atoms with Crippen molar-refractivity contribution in [3.8, 4) is 17.2 Å². The predicted molar refractivity (Wildman–Crippen MR) is 122 cm³/mol. The first-order chi connectivity index (χ1) is 14.8. The molecule has 1 aliphatic rings. The number of oxazole rings is 1. The number of hydrogen-bond donors (Lipinski definition) is 0. The fourth-order valence-corrected chi connectivity index (χ4v) is 4.25. The normalized spacial score (nSPS) is 14.7. The van der Waals surface area contributed by atoms with Gasteiger partial charge in [-0.25, -0.2) is 4.98 Å². The molecule has 0 aliphatic carbocycles. The van der Waals surface area contributed by atoms with E-state index < -0.39 is 0 Å². The molecule has 0 N–H and O–H groups in total. The number of aromatic nitrogens is 1.